The van der Waals surface area contributed by atoms with Crippen LogP contribution in [-0.2, 0) is 17.7 Å². The number of nitrogens with zero attached hydrogens (tertiary/aromatic N) is 3. The first-order chi connectivity index (χ1) is 8.55. The van der Waals surface area contributed by atoms with E-state index in [1.807, 2.05) is 11.6 Å². The van der Waals surface area contributed by atoms with Crippen molar-refractivity contribution in [3.05, 3.63) is 12.2 Å². The molecule has 0 saturated heterocycles. The lowest BCUT2D eigenvalue weighted by Gasteiger charge is -2.34. The molecule has 0 spiro atoms. The van der Waals surface area contributed by atoms with Gasteiger partial charge in [0.2, 0.25) is 0 Å². The summed E-state index contributed by atoms with van der Waals surface area (Å²) in [5.74, 6) is 1.01. The van der Waals surface area contributed by atoms with Crippen molar-refractivity contribution >= 4 is 0 Å². The Morgan fingerprint density at radius 3 is 2.67 bits per heavy atom. The Bertz CT molecular complexity index is 349. The summed E-state index contributed by atoms with van der Waals surface area (Å²) in [6.45, 7) is 12.9. The van der Waals surface area contributed by atoms with Gasteiger partial charge >= 0.3 is 0 Å². The number of aromatic nitrogens is 3. The van der Waals surface area contributed by atoms with Gasteiger partial charge in [-0.05, 0) is 34.2 Å². The highest BCUT2D eigenvalue weighted by Crippen LogP contribution is 2.18. The van der Waals surface area contributed by atoms with Crippen LogP contribution >= 0.6 is 0 Å². The van der Waals surface area contributed by atoms with E-state index in [2.05, 4.69) is 43.1 Å². The Hall–Kier alpha value is -0.940. The minimum atomic E-state index is -0.213. The second-order valence-corrected chi connectivity index (χ2v) is 4.84. The molecule has 104 valence electrons. The molecule has 0 aliphatic carbocycles. The van der Waals surface area contributed by atoms with Gasteiger partial charge in [0, 0.05) is 25.6 Å². The maximum absolute atomic E-state index is 5.85. The third-order valence-corrected chi connectivity index (χ3v) is 3.19. The molecule has 0 aliphatic rings. The van der Waals surface area contributed by atoms with E-state index in [1.165, 1.54) is 0 Å². The zero-order valence-corrected chi connectivity index (χ0v) is 12.2. The van der Waals surface area contributed by atoms with E-state index >= 15 is 0 Å². The molecule has 1 aromatic rings. The molecule has 0 radical (unpaired) electrons. The van der Waals surface area contributed by atoms with E-state index in [1.54, 1.807) is 6.33 Å². The van der Waals surface area contributed by atoms with Gasteiger partial charge in [0.1, 0.15) is 12.2 Å². The van der Waals surface area contributed by atoms with Crippen molar-refractivity contribution in [3.63, 3.8) is 0 Å². The predicted molar refractivity (Wildman–Crippen MR) is 72.6 cm³/mol. The Balaban J connectivity index is 2.80. The molecule has 5 heteroatoms. The SMILES string of the molecule is CCNC(Cc1ncnn1CC)C(C)(C)OCC. The Morgan fingerprint density at radius 1 is 1.39 bits per heavy atom. The van der Waals surface area contributed by atoms with Gasteiger partial charge in [0.05, 0.1) is 5.60 Å². The smallest absolute Gasteiger partial charge is 0.138 e. The number of hydrogen-bond acceptors (Lipinski definition) is 4. The zero-order chi connectivity index (χ0) is 13.6. The predicted octanol–water partition coefficient (Wildman–Crippen LogP) is 1.63. The van der Waals surface area contributed by atoms with E-state index in [9.17, 15) is 0 Å². The summed E-state index contributed by atoms with van der Waals surface area (Å²) in [7, 11) is 0. The maximum atomic E-state index is 5.85. The van der Waals surface area contributed by atoms with Crippen LogP contribution in [0.1, 0.15) is 40.4 Å². The van der Waals surface area contributed by atoms with E-state index in [-0.39, 0.29) is 11.6 Å². The van der Waals surface area contributed by atoms with E-state index in [0.717, 1.165) is 31.9 Å². The molecular formula is C13H26N4O. The summed E-state index contributed by atoms with van der Waals surface area (Å²) < 4.78 is 7.78. The Morgan fingerprint density at radius 2 is 2.11 bits per heavy atom. The van der Waals surface area contributed by atoms with Gasteiger partial charge in [0.25, 0.3) is 0 Å². The standard InChI is InChI=1S/C13H26N4O/c1-6-14-11(13(4,5)18-8-3)9-12-15-10-16-17(12)7-2/h10-11,14H,6-9H2,1-5H3. The third-order valence-electron chi connectivity index (χ3n) is 3.19. The summed E-state index contributed by atoms with van der Waals surface area (Å²) in [4.78, 5) is 4.34. The van der Waals surface area contributed by atoms with E-state index in [0.29, 0.717) is 0 Å². The molecule has 1 N–H and O–H groups in total. The molecule has 18 heavy (non-hydrogen) atoms. The molecule has 5 nitrogen and oxygen atoms in total. The highest BCUT2D eigenvalue weighted by atomic mass is 16.5. The second kappa shape index (κ2) is 6.85. The molecule has 0 fully saturated rings. The molecule has 0 bridgehead atoms. The monoisotopic (exact) mass is 254 g/mol. The number of aryl methyl sites for hydroxylation is 1. The van der Waals surface area contributed by atoms with Crippen molar-refractivity contribution < 1.29 is 4.74 Å². The number of ether oxygens (including phenoxy) is 1. The summed E-state index contributed by atoms with van der Waals surface area (Å²) in [6, 6.07) is 0.233. The van der Waals surface area contributed by atoms with E-state index < -0.39 is 0 Å². The molecule has 1 atom stereocenters. The third kappa shape index (κ3) is 3.78. The van der Waals surface area contributed by atoms with Gasteiger partial charge in [-0.2, -0.15) is 5.10 Å². The Labute approximate surface area is 110 Å². The summed E-state index contributed by atoms with van der Waals surface area (Å²) in [6.07, 6.45) is 2.45. The van der Waals surface area contributed by atoms with Crippen molar-refractivity contribution in [2.24, 2.45) is 0 Å². The molecular weight excluding hydrogens is 228 g/mol. The molecule has 0 saturated carbocycles. The number of rotatable bonds is 8. The molecule has 1 unspecified atom stereocenters. The van der Waals surface area contributed by atoms with Gasteiger partial charge < -0.3 is 10.1 Å². The fourth-order valence-corrected chi connectivity index (χ4v) is 2.18. The fraction of sp³-hybridized carbons (Fsp3) is 0.846. The van der Waals surface area contributed by atoms with Crippen LogP contribution in [0.3, 0.4) is 0 Å². The first-order valence-electron chi connectivity index (χ1n) is 6.79. The molecule has 0 amide bonds. The fourth-order valence-electron chi connectivity index (χ4n) is 2.18. The van der Waals surface area contributed by atoms with Crippen LogP contribution < -0.4 is 5.32 Å². The molecule has 1 heterocycles. The van der Waals surface area contributed by atoms with Gasteiger partial charge in [-0.15, -0.1) is 0 Å². The summed E-state index contributed by atoms with van der Waals surface area (Å²) in [5.41, 5.74) is -0.213. The minimum Gasteiger partial charge on any atom is -0.374 e. The van der Waals surface area contributed by atoms with Gasteiger partial charge in [0.15, 0.2) is 0 Å². The van der Waals surface area contributed by atoms with Crippen molar-refractivity contribution in [2.75, 3.05) is 13.2 Å². The summed E-state index contributed by atoms with van der Waals surface area (Å²) >= 11 is 0. The van der Waals surface area contributed by atoms with Crippen LogP contribution in [0.25, 0.3) is 0 Å². The second-order valence-electron chi connectivity index (χ2n) is 4.84. The van der Waals surface area contributed by atoms with E-state index in [4.69, 9.17) is 4.74 Å². The quantitative estimate of drug-likeness (QED) is 0.766. The van der Waals surface area contributed by atoms with Crippen molar-refractivity contribution in [1.82, 2.24) is 20.1 Å². The molecule has 0 aromatic carbocycles. The van der Waals surface area contributed by atoms with Crippen LogP contribution in [0.4, 0.5) is 0 Å². The zero-order valence-electron chi connectivity index (χ0n) is 12.2. The number of nitrogens with one attached hydrogen (secondary N) is 1. The molecule has 0 aliphatic heterocycles. The summed E-state index contributed by atoms with van der Waals surface area (Å²) in [5, 5.41) is 7.70. The number of likely N-dealkylation sites (N-methyl/N-ethyl adjacent to an activating group) is 1. The molecule has 1 rings (SSSR count). The van der Waals surface area contributed by atoms with Crippen molar-refractivity contribution in [2.45, 2.75) is 59.2 Å². The van der Waals surface area contributed by atoms with Crippen LogP contribution in [-0.4, -0.2) is 39.6 Å². The first kappa shape index (κ1) is 15.1. The maximum Gasteiger partial charge on any atom is 0.138 e. The highest BCUT2D eigenvalue weighted by molar-refractivity contribution is 4.96. The van der Waals surface area contributed by atoms with Crippen LogP contribution in [0, 0.1) is 0 Å². The largest absolute Gasteiger partial charge is 0.374 e. The van der Waals surface area contributed by atoms with Gasteiger partial charge in [-0.3, -0.25) is 4.68 Å². The lowest BCUT2D eigenvalue weighted by atomic mass is 9.95. The highest BCUT2D eigenvalue weighted by Gasteiger charge is 2.30. The van der Waals surface area contributed by atoms with Gasteiger partial charge in [-0.1, -0.05) is 6.92 Å². The first-order valence-corrected chi connectivity index (χ1v) is 6.79. The van der Waals surface area contributed by atoms with Crippen LogP contribution in [0.5, 0.6) is 0 Å². The van der Waals surface area contributed by atoms with Crippen LogP contribution in [0.15, 0.2) is 6.33 Å². The molecule has 1 aromatic heterocycles. The average Bonchev–Trinajstić information content (AvgIpc) is 2.75. The normalized spacial score (nSPS) is 13.8. The minimum absolute atomic E-state index is 0.213. The topological polar surface area (TPSA) is 52.0 Å². The lowest BCUT2D eigenvalue weighted by molar-refractivity contribution is -0.0383. The Kier molecular flexibility index (Phi) is 5.75. The van der Waals surface area contributed by atoms with Crippen molar-refractivity contribution in [3.8, 4) is 0 Å². The van der Waals surface area contributed by atoms with Crippen molar-refractivity contribution in [1.29, 1.82) is 0 Å². The van der Waals surface area contributed by atoms with Gasteiger partial charge in [-0.25, -0.2) is 4.98 Å². The van der Waals surface area contributed by atoms with Crippen LogP contribution in [0.2, 0.25) is 0 Å². The number of hydrogen-bond donors (Lipinski definition) is 1. The lowest BCUT2D eigenvalue weighted by Crippen LogP contribution is -2.50. The average molecular weight is 254 g/mol.